The van der Waals surface area contributed by atoms with Gasteiger partial charge in [0.25, 0.3) is 0 Å². The molecule has 1 rings (SSSR count). The first-order valence-electron chi connectivity index (χ1n) is 6.89. The van der Waals surface area contributed by atoms with Crippen molar-refractivity contribution in [3.63, 3.8) is 0 Å². The molecule has 0 aliphatic carbocycles. The third-order valence-electron chi connectivity index (χ3n) is 3.14. The Labute approximate surface area is 119 Å². The molecule has 0 aliphatic heterocycles. The van der Waals surface area contributed by atoms with E-state index in [0.717, 1.165) is 5.56 Å². The maximum Gasteiger partial charge on any atom is 0.326 e. The lowest BCUT2D eigenvalue weighted by Crippen LogP contribution is -2.49. The van der Waals surface area contributed by atoms with Crippen LogP contribution in [0.4, 0.5) is 0 Å². The molecule has 0 radical (unpaired) electrons. The average molecular weight is 278 g/mol. The Kier molecular flexibility index (Phi) is 6.73. The number of amides is 1. The van der Waals surface area contributed by atoms with E-state index in [1.54, 1.807) is 6.92 Å². The van der Waals surface area contributed by atoms with E-state index >= 15 is 0 Å². The predicted molar refractivity (Wildman–Crippen MR) is 77.2 cm³/mol. The number of nitrogens with one attached hydrogen (secondary N) is 2. The largest absolute Gasteiger partial charge is 0.480 e. The number of aliphatic carboxylic acids is 1. The molecule has 1 amide bonds. The highest BCUT2D eigenvalue weighted by Gasteiger charge is 2.22. The smallest absolute Gasteiger partial charge is 0.326 e. The fraction of sp³-hybridized carbons (Fsp3) is 0.467. The van der Waals surface area contributed by atoms with Gasteiger partial charge in [0, 0.05) is 6.54 Å². The quantitative estimate of drug-likeness (QED) is 0.674. The summed E-state index contributed by atoms with van der Waals surface area (Å²) in [5, 5.41) is 14.7. The van der Waals surface area contributed by atoms with Gasteiger partial charge in [-0.3, -0.25) is 4.79 Å². The molecular formula is C15H22N2O3. The zero-order chi connectivity index (χ0) is 15.0. The van der Waals surface area contributed by atoms with E-state index in [9.17, 15) is 9.59 Å². The number of carbonyl (C=O) groups is 2. The SMILES string of the molecule is CCC(NC(=O)C(CC)NCc1ccccc1)C(=O)O. The molecule has 2 unspecified atom stereocenters. The van der Waals surface area contributed by atoms with Crippen molar-refractivity contribution in [2.45, 2.75) is 45.3 Å². The number of hydrogen-bond donors (Lipinski definition) is 3. The molecule has 0 saturated carbocycles. The predicted octanol–water partition coefficient (Wildman–Crippen LogP) is 1.53. The number of carbonyl (C=O) groups excluding carboxylic acids is 1. The summed E-state index contributed by atoms with van der Waals surface area (Å²) in [6.45, 7) is 4.21. The molecule has 110 valence electrons. The van der Waals surface area contributed by atoms with Gasteiger partial charge in [-0.05, 0) is 18.4 Å². The monoisotopic (exact) mass is 278 g/mol. The van der Waals surface area contributed by atoms with Crippen molar-refractivity contribution in [3.05, 3.63) is 35.9 Å². The molecule has 0 bridgehead atoms. The van der Waals surface area contributed by atoms with Gasteiger partial charge in [0.2, 0.25) is 5.91 Å². The van der Waals surface area contributed by atoms with Gasteiger partial charge in [-0.15, -0.1) is 0 Å². The normalized spacial score (nSPS) is 13.5. The van der Waals surface area contributed by atoms with Crippen LogP contribution in [0.1, 0.15) is 32.3 Å². The molecule has 5 nitrogen and oxygen atoms in total. The zero-order valence-corrected chi connectivity index (χ0v) is 11.9. The maximum absolute atomic E-state index is 12.0. The van der Waals surface area contributed by atoms with E-state index < -0.39 is 12.0 Å². The Morgan fingerprint density at radius 1 is 1.10 bits per heavy atom. The minimum absolute atomic E-state index is 0.266. The Morgan fingerprint density at radius 2 is 1.70 bits per heavy atom. The first-order chi connectivity index (χ1) is 9.58. The lowest BCUT2D eigenvalue weighted by Gasteiger charge is -2.19. The molecule has 0 fully saturated rings. The topological polar surface area (TPSA) is 78.4 Å². The lowest BCUT2D eigenvalue weighted by atomic mass is 10.1. The van der Waals surface area contributed by atoms with Gasteiger partial charge in [0.1, 0.15) is 6.04 Å². The molecule has 3 N–H and O–H groups in total. The van der Waals surface area contributed by atoms with Crippen LogP contribution < -0.4 is 10.6 Å². The summed E-state index contributed by atoms with van der Waals surface area (Å²) in [4.78, 5) is 23.0. The van der Waals surface area contributed by atoms with Crippen LogP contribution in [-0.2, 0) is 16.1 Å². The van der Waals surface area contributed by atoms with Crippen molar-refractivity contribution in [3.8, 4) is 0 Å². The van der Waals surface area contributed by atoms with Gasteiger partial charge >= 0.3 is 5.97 Å². The fourth-order valence-corrected chi connectivity index (χ4v) is 1.87. The molecule has 1 aromatic carbocycles. The molecule has 0 aromatic heterocycles. The molecule has 0 aliphatic rings. The highest BCUT2D eigenvalue weighted by molar-refractivity contribution is 5.86. The number of carboxylic acids is 1. The standard InChI is InChI=1S/C15H22N2O3/c1-3-12(14(18)17-13(4-2)15(19)20)16-10-11-8-6-5-7-9-11/h5-9,12-13,16H,3-4,10H2,1-2H3,(H,17,18)(H,19,20). The van der Waals surface area contributed by atoms with Crippen LogP contribution in [0.5, 0.6) is 0 Å². The third kappa shape index (κ3) is 5.01. The summed E-state index contributed by atoms with van der Waals surface area (Å²) in [6.07, 6.45) is 0.977. The Bertz CT molecular complexity index is 434. The van der Waals surface area contributed by atoms with Crippen molar-refractivity contribution >= 4 is 11.9 Å². The van der Waals surface area contributed by atoms with Gasteiger partial charge in [0.05, 0.1) is 6.04 Å². The second kappa shape index (κ2) is 8.32. The zero-order valence-electron chi connectivity index (χ0n) is 11.9. The maximum atomic E-state index is 12.0. The van der Waals surface area contributed by atoms with E-state index in [1.165, 1.54) is 0 Å². The molecule has 2 atom stereocenters. The van der Waals surface area contributed by atoms with Gasteiger partial charge in [-0.1, -0.05) is 44.2 Å². The molecular weight excluding hydrogens is 256 g/mol. The minimum Gasteiger partial charge on any atom is -0.480 e. The summed E-state index contributed by atoms with van der Waals surface area (Å²) < 4.78 is 0. The summed E-state index contributed by atoms with van der Waals surface area (Å²) in [7, 11) is 0. The van der Waals surface area contributed by atoms with E-state index in [2.05, 4.69) is 10.6 Å². The Morgan fingerprint density at radius 3 is 2.20 bits per heavy atom. The molecule has 1 aromatic rings. The van der Waals surface area contributed by atoms with Crippen molar-refractivity contribution in [2.75, 3.05) is 0 Å². The highest BCUT2D eigenvalue weighted by Crippen LogP contribution is 2.01. The second-order valence-corrected chi connectivity index (χ2v) is 4.63. The number of carboxylic acid groups (broad SMARTS) is 1. The van der Waals surface area contributed by atoms with Gasteiger partial charge in [-0.2, -0.15) is 0 Å². The molecule has 0 spiro atoms. The fourth-order valence-electron chi connectivity index (χ4n) is 1.87. The molecule has 0 heterocycles. The third-order valence-corrected chi connectivity index (χ3v) is 3.14. The van der Waals surface area contributed by atoms with Crippen molar-refractivity contribution in [1.82, 2.24) is 10.6 Å². The van der Waals surface area contributed by atoms with Crippen LogP contribution in [0.3, 0.4) is 0 Å². The van der Waals surface area contributed by atoms with E-state index in [4.69, 9.17) is 5.11 Å². The van der Waals surface area contributed by atoms with Gasteiger partial charge in [-0.25, -0.2) is 4.79 Å². The summed E-state index contributed by atoms with van der Waals surface area (Å²) in [6, 6.07) is 8.56. The number of hydrogen-bond acceptors (Lipinski definition) is 3. The average Bonchev–Trinajstić information content (AvgIpc) is 2.46. The van der Waals surface area contributed by atoms with Crippen LogP contribution in [0.2, 0.25) is 0 Å². The van der Waals surface area contributed by atoms with Crippen LogP contribution in [0.15, 0.2) is 30.3 Å². The van der Waals surface area contributed by atoms with E-state index in [1.807, 2.05) is 37.3 Å². The van der Waals surface area contributed by atoms with Crippen LogP contribution in [-0.4, -0.2) is 29.1 Å². The Balaban J connectivity index is 2.53. The summed E-state index contributed by atoms with van der Waals surface area (Å²) in [5.74, 6) is -1.27. The summed E-state index contributed by atoms with van der Waals surface area (Å²) >= 11 is 0. The van der Waals surface area contributed by atoms with Gasteiger partial charge in [0.15, 0.2) is 0 Å². The molecule has 5 heteroatoms. The van der Waals surface area contributed by atoms with Crippen molar-refractivity contribution in [1.29, 1.82) is 0 Å². The van der Waals surface area contributed by atoms with E-state index in [0.29, 0.717) is 19.4 Å². The van der Waals surface area contributed by atoms with Crippen LogP contribution in [0.25, 0.3) is 0 Å². The Hall–Kier alpha value is -1.88. The lowest BCUT2D eigenvalue weighted by molar-refractivity contribution is -0.142. The number of benzene rings is 1. The minimum atomic E-state index is -1.00. The van der Waals surface area contributed by atoms with Crippen molar-refractivity contribution < 1.29 is 14.7 Å². The van der Waals surface area contributed by atoms with Crippen LogP contribution >= 0.6 is 0 Å². The first-order valence-corrected chi connectivity index (χ1v) is 6.89. The number of rotatable bonds is 8. The van der Waals surface area contributed by atoms with Crippen LogP contribution in [0, 0.1) is 0 Å². The van der Waals surface area contributed by atoms with E-state index in [-0.39, 0.29) is 11.9 Å². The highest BCUT2D eigenvalue weighted by atomic mass is 16.4. The second-order valence-electron chi connectivity index (χ2n) is 4.63. The summed E-state index contributed by atoms with van der Waals surface area (Å²) in [5.41, 5.74) is 1.09. The van der Waals surface area contributed by atoms with Crippen molar-refractivity contribution in [2.24, 2.45) is 0 Å². The van der Waals surface area contributed by atoms with Gasteiger partial charge < -0.3 is 15.7 Å². The molecule has 0 saturated heterocycles. The first kappa shape index (κ1) is 16.2. The molecule has 20 heavy (non-hydrogen) atoms.